The molecule has 0 aromatic carbocycles. The van der Waals surface area contributed by atoms with Crippen LogP contribution in [-0.2, 0) is 22.4 Å². The van der Waals surface area contributed by atoms with Crippen molar-refractivity contribution in [3.63, 3.8) is 0 Å². The minimum Gasteiger partial charge on any atom is -0.459 e. The molecule has 0 aliphatic heterocycles. The van der Waals surface area contributed by atoms with Gasteiger partial charge >= 0.3 is 5.97 Å². The molecule has 0 spiro atoms. The van der Waals surface area contributed by atoms with Crippen molar-refractivity contribution in [3.05, 3.63) is 16.0 Å². The summed E-state index contributed by atoms with van der Waals surface area (Å²) >= 11 is 1.54. The first-order chi connectivity index (χ1) is 10.0. The molecule has 1 aliphatic rings. The number of aryl methyl sites for hydroxylation is 1. The smallest absolute Gasteiger partial charge is 0.341 e. The number of hydrogen-bond acceptors (Lipinski definition) is 4. The van der Waals surface area contributed by atoms with Gasteiger partial charge in [-0.05, 0) is 51.5 Å². The second-order valence-corrected chi connectivity index (χ2v) is 6.77. The van der Waals surface area contributed by atoms with Crippen LogP contribution in [0.2, 0.25) is 0 Å². The van der Waals surface area contributed by atoms with Crippen LogP contribution < -0.4 is 5.32 Å². The van der Waals surface area contributed by atoms with Crippen molar-refractivity contribution in [1.82, 2.24) is 0 Å². The molecule has 1 heterocycles. The molecule has 0 saturated heterocycles. The molecule has 0 radical (unpaired) electrons. The fourth-order valence-electron chi connectivity index (χ4n) is 2.56. The van der Waals surface area contributed by atoms with Crippen molar-refractivity contribution in [2.75, 3.05) is 5.32 Å². The third-order valence-corrected chi connectivity index (χ3v) is 4.66. The number of hydrogen-bond donors (Lipinski definition) is 1. The number of rotatable bonds is 5. The quantitative estimate of drug-likeness (QED) is 0.838. The molecule has 0 saturated carbocycles. The number of anilines is 1. The predicted molar refractivity (Wildman–Crippen MR) is 85.1 cm³/mol. The van der Waals surface area contributed by atoms with E-state index in [0.717, 1.165) is 37.7 Å². The molecule has 4 nitrogen and oxygen atoms in total. The summed E-state index contributed by atoms with van der Waals surface area (Å²) in [6.45, 7) is 5.64. The van der Waals surface area contributed by atoms with Gasteiger partial charge in [0.05, 0.1) is 11.7 Å². The van der Waals surface area contributed by atoms with E-state index in [4.69, 9.17) is 4.74 Å². The molecule has 21 heavy (non-hydrogen) atoms. The molecule has 1 aliphatic carbocycles. The highest BCUT2D eigenvalue weighted by Crippen LogP contribution is 2.38. The van der Waals surface area contributed by atoms with E-state index < -0.39 is 0 Å². The minimum absolute atomic E-state index is 0.0327. The Morgan fingerprint density at radius 2 is 2.00 bits per heavy atom. The summed E-state index contributed by atoms with van der Waals surface area (Å²) in [5, 5.41) is 3.57. The second-order valence-electron chi connectivity index (χ2n) is 5.67. The van der Waals surface area contributed by atoms with Gasteiger partial charge in [0.15, 0.2) is 0 Å². The lowest BCUT2D eigenvalue weighted by molar-refractivity contribution is -0.116. The Balaban J connectivity index is 2.32. The number of amides is 1. The highest BCUT2D eigenvalue weighted by molar-refractivity contribution is 7.17. The highest BCUT2D eigenvalue weighted by Gasteiger charge is 2.27. The summed E-state index contributed by atoms with van der Waals surface area (Å²) in [7, 11) is 0. The number of thiophene rings is 1. The third-order valence-electron chi connectivity index (χ3n) is 3.45. The SMILES string of the molecule is CCCC(=O)Nc1sc2c(c1C(=O)OC(C)C)CCCC2. The maximum atomic E-state index is 12.4. The average molecular weight is 309 g/mol. The van der Waals surface area contributed by atoms with Gasteiger partial charge in [-0.25, -0.2) is 4.79 Å². The Labute approximate surface area is 129 Å². The maximum Gasteiger partial charge on any atom is 0.341 e. The second kappa shape index (κ2) is 7.07. The first-order valence-electron chi connectivity index (χ1n) is 7.68. The van der Waals surface area contributed by atoms with Crippen LogP contribution in [0.5, 0.6) is 0 Å². The van der Waals surface area contributed by atoms with Gasteiger partial charge in [-0.2, -0.15) is 0 Å². The molecular formula is C16H23NO3S. The molecule has 1 amide bonds. The molecule has 1 aromatic heterocycles. The van der Waals surface area contributed by atoms with Gasteiger partial charge < -0.3 is 10.1 Å². The molecule has 0 unspecified atom stereocenters. The van der Waals surface area contributed by atoms with Crippen molar-refractivity contribution < 1.29 is 14.3 Å². The van der Waals surface area contributed by atoms with Gasteiger partial charge in [0.1, 0.15) is 5.00 Å². The van der Waals surface area contributed by atoms with E-state index in [1.54, 1.807) is 0 Å². The topological polar surface area (TPSA) is 55.4 Å². The molecule has 5 heteroatoms. The zero-order valence-electron chi connectivity index (χ0n) is 13.0. The monoisotopic (exact) mass is 309 g/mol. The Morgan fingerprint density at radius 1 is 1.29 bits per heavy atom. The Morgan fingerprint density at radius 3 is 2.67 bits per heavy atom. The molecule has 1 aromatic rings. The maximum absolute atomic E-state index is 12.4. The molecular weight excluding hydrogens is 286 g/mol. The van der Waals surface area contributed by atoms with Crippen molar-refractivity contribution in [1.29, 1.82) is 0 Å². The van der Waals surface area contributed by atoms with Crippen molar-refractivity contribution >= 4 is 28.2 Å². The van der Waals surface area contributed by atoms with E-state index in [0.29, 0.717) is 17.0 Å². The number of ether oxygens (including phenoxy) is 1. The number of carbonyl (C=O) groups is 2. The van der Waals surface area contributed by atoms with Crippen LogP contribution >= 0.6 is 11.3 Å². The summed E-state index contributed by atoms with van der Waals surface area (Å²) < 4.78 is 5.36. The van der Waals surface area contributed by atoms with Crippen LogP contribution in [-0.4, -0.2) is 18.0 Å². The summed E-state index contributed by atoms with van der Waals surface area (Å²) in [5.74, 6) is -0.342. The Kier molecular flexibility index (Phi) is 5.39. The van der Waals surface area contributed by atoms with Crippen LogP contribution in [0.1, 0.15) is 67.3 Å². The summed E-state index contributed by atoms with van der Waals surface area (Å²) in [6.07, 6.45) is 5.24. The molecule has 2 rings (SSSR count). The lowest BCUT2D eigenvalue weighted by Crippen LogP contribution is -2.17. The van der Waals surface area contributed by atoms with Crippen LogP contribution in [0.4, 0.5) is 5.00 Å². The van der Waals surface area contributed by atoms with Crippen molar-refractivity contribution in [3.8, 4) is 0 Å². The molecule has 0 atom stereocenters. The first-order valence-corrected chi connectivity index (χ1v) is 8.50. The number of carbonyl (C=O) groups excluding carboxylic acids is 2. The Bertz CT molecular complexity index is 534. The normalized spacial score (nSPS) is 13.9. The van der Waals surface area contributed by atoms with Crippen molar-refractivity contribution in [2.24, 2.45) is 0 Å². The van der Waals surface area contributed by atoms with Gasteiger partial charge in [0.25, 0.3) is 0 Å². The zero-order chi connectivity index (χ0) is 15.4. The van der Waals surface area contributed by atoms with Crippen LogP contribution in [0.25, 0.3) is 0 Å². The third kappa shape index (κ3) is 3.84. The summed E-state index contributed by atoms with van der Waals surface area (Å²) in [6, 6.07) is 0. The van der Waals surface area contributed by atoms with Gasteiger partial charge in [-0.15, -0.1) is 11.3 Å². The van der Waals surface area contributed by atoms with E-state index >= 15 is 0 Å². The van der Waals surface area contributed by atoms with E-state index in [2.05, 4.69) is 5.32 Å². The van der Waals surface area contributed by atoms with Gasteiger partial charge in [-0.1, -0.05) is 6.92 Å². The Hall–Kier alpha value is -1.36. The molecule has 0 bridgehead atoms. The lowest BCUT2D eigenvalue weighted by Gasteiger charge is -2.14. The van der Waals surface area contributed by atoms with Crippen LogP contribution in [0, 0.1) is 0 Å². The molecule has 1 N–H and O–H groups in total. The van der Waals surface area contributed by atoms with Crippen LogP contribution in [0.3, 0.4) is 0 Å². The summed E-state index contributed by atoms with van der Waals surface area (Å²) in [5.41, 5.74) is 1.68. The average Bonchev–Trinajstić information content (AvgIpc) is 2.75. The van der Waals surface area contributed by atoms with E-state index in [1.165, 1.54) is 16.2 Å². The molecule has 0 fully saturated rings. The van der Waals surface area contributed by atoms with E-state index in [9.17, 15) is 9.59 Å². The largest absolute Gasteiger partial charge is 0.459 e. The standard InChI is InChI=1S/C16H23NO3S/c1-4-7-13(18)17-15-14(16(19)20-10(2)3)11-8-5-6-9-12(11)21-15/h10H,4-9H2,1-3H3,(H,17,18). The van der Waals surface area contributed by atoms with E-state index in [-0.39, 0.29) is 18.0 Å². The van der Waals surface area contributed by atoms with E-state index in [1.807, 2.05) is 20.8 Å². The first kappa shape index (κ1) is 16.0. The lowest BCUT2D eigenvalue weighted by atomic mass is 9.95. The fraction of sp³-hybridized carbons (Fsp3) is 0.625. The minimum atomic E-state index is -0.309. The summed E-state index contributed by atoms with van der Waals surface area (Å²) in [4.78, 5) is 25.5. The highest BCUT2D eigenvalue weighted by atomic mass is 32.1. The zero-order valence-corrected chi connectivity index (χ0v) is 13.8. The van der Waals surface area contributed by atoms with Gasteiger partial charge in [0.2, 0.25) is 5.91 Å². The predicted octanol–water partition coefficient (Wildman–Crippen LogP) is 3.93. The number of nitrogens with one attached hydrogen (secondary N) is 1. The fourth-order valence-corrected chi connectivity index (χ4v) is 3.85. The molecule has 116 valence electrons. The van der Waals surface area contributed by atoms with Crippen molar-refractivity contribution in [2.45, 2.75) is 65.4 Å². The van der Waals surface area contributed by atoms with Gasteiger partial charge in [-0.3, -0.25) is 4.79 Å². The van der Waals surface area contributed by atoms with Crippen LogP contribution in [0.15, 0.2) is 0 Å². The van der Waals surface area contributed by atoms with Gasteiger partial charge in [0, 0.05) is 11.3 Å². The number of fused-ring (bicyclic) bond motifs is 1. The number of esters is 1.